The van der Waals surface area contributed by atoms with Gasteiger partial charge in [-0.15, -0.1) is 5.10 Å². The van der Waals surface area contributed by atoms with Crippen LogP contribution >= 0.6 is 0 Å². The lowest BCUT2D eigenvalue weighted by Gasteiger charge is -2.24. The molecule has 1 aromatic heterocycles. The molecule has 27 heavy (non-hydrogen) atoms. The number of para-hydroxylation sites is 1. The van der Waals surface area contributed by atoms with E-state index in [9.17, 15) is 9.59 Å². The van der Waals surface area contributed by atoms with Gasteiger partial charge in [0, 0.05) is 17.8 Å². The summed E-state index contributed by atoms with van der Waals surface area (Å²) in [7, 11) is 0. The van der Waals surface area contributed by atoms with Gasteiger partial charge in [0.05, 0.1) is 5.69 Å². The molecule has 8 nitrogen and oxygen atoms in total. The monoisotopic (exact) mass is 362 g/mol. The average Bonchev–Trinajstić information content (AvgIpc) is 3.40. The van der Waals surface area contributed by atoms with Crippen molar-refractivity contribution in [2.75, 3.05) is 11.9 Å². The molecule has 2 heterocycles. The highest BCUT2D eigenvalue weighted by atomic mass is 16.2. The van der Waals surface area contributed by atoms with E-state index in [1.807, 2.05) is 36.4 Å². The lowest BCUT2D eigenvalue weighted by Crippen LogP contribution is -2.43. The molecule has 1 saturated heterocycles. The fraction of sp³-hybridized carbons (Fsp3) is 0.211. The predicted octanol–water partition coefficient (Wildman–Crippen LogP) is 1.91. The number of aromatic nitrogens is 4. The minimum Gasteiger partial charge on any atom is -0.327 e. The molecule has 136 valence electrons. The average molecular weight is 362 g/mol. The standard InChI is InChI=1S/C19H18N6O2/c26-18(21-15-7-2-1-3-8-15)17-10-5-11-24(17)19(27)14-6-4-9-16(12-14)25-13-20-22-23-25/h1-4,6-9,12-13,17H,5,10-11H2,(H,21,26). The zero-order chi connectivity index (χ0) is 18.6. The van der Waals surface area contributed by atoms with Crippen molar-refractivity contribution < 1.29 is 9.59 Å². The van der Waals surface area contributed by atoms with Crippen LogP contribution in [0.1, 0.15) is 23.2 Å². The predicted molar refractivity (Wildman–Crippen MR) is 98.3 cm³/mol. The second-order valence-electron chi connectivity index (χ2n) is 6.32. The second-order valence-corrected chi connectivity index (χ2v) is 6.32. The number of nitrogens with one attached hydrogen (secondary N) is 1. The molecular formula is C19H18N6O2. The van der Waals surface area contributed by atoms with Crippen LogP contribution in [0.4, 0.5) is 5.69 Å². The van der Waals surface area contributed by atoms with Crippen LogP contribution in [0.3, 0.4) is 0 Å². The van der Waals surface area contributed by atoms with E-state index in [1.165, 1.54) is 11.0 Å². The molecule has 8 heteroatoms. The molecule has 1 atom stereocenters. The number of nitrogens with zero attached hydrogens (tertiary/aromatic N) is 5. The van der Waals surface area contributed by atoms with Gasteiger partial charge < -0.3 is 10.2 Å². The summed E-state index contributed by atoms with van der Waals surface area (Å²) in [5, 5.41) is 14.0. The fourth-order valence-corrected chi connectivity index (χ4v) is 3.26. The normalized spacial score (nSPS) is 16.3. The summed E-state index contributed by atoms with van der Waals surface area (Å²) in [6, 6.07) is 15.8. The number of likely N-dealkylation sites (tertiary alicyclic amines) is 1. The highest BCUT2D eigenvalue weighted by Crippen LogP contribution is 2.22. The molecule has 1 N–H and O–H groups in total. The van der Waals surface area contributed by atoms with Crippen molar-refractivity contribution in [2.24, 2.45) is 0 Å². The van der Waals surface area contributed by atoms with Crippen molar-refractivity contribution in [3.8, 4) is 5.69 Å². The first kappa shape index (κ1) is 16.9. The van der Waals surface area contributed by atoms with Gasteiger partial charge in [-0.3, -0.25) is 9.59 Å². The van der Waals surface area contributed by atoms with Gasteiger partial charge >= 0.3 is 0 Å². The molecule has 0 radical (unpaired) electrons. The number of amides is 2. The van der Waals surface area contributed by atoms with Gasteiger partial charge in [-0.2, -0.15) is 0 Å². The van der Waals surface area contributed by atoms with Crippen LogP contribution in [0.2, 0.25) is 0 Å². The summed E-state index contributed by atoms with van der Waals surface area (Å²) in [5.41, 5.74) is 1.92. The van der Waals surface area contributed by atoms with Crippen LogP contribution in [0, 0.1) is 0 Å². The molecular weight excluding hydrogens is 344 g/mol. The summed E-state index contributed by atoms with van der Waals surface area (Å²) in [6.07, 6.45) is 2.91. The molecule has 0 aliphatic carbocycles. The van der Waals surface area contributed by atoms with Crippen molar-refractivity contribution in [2.45, 2.75) is 18.9 Å². The van der Waals surface area contributed by atoms with E-state index < -0.39 is 6.04 Å². The molecule has 3 aromatic rings. The Hall–Kier alpha value is -3.55. The maximum atomic E-state index is 13.0. The van der Waals surface area contributed by atoms with Crippen LogP contribution < -0.4 is 5.32 Å². The van der Waals surface area contributed by atoms with Gasteiger partial charge in [0.25, 0.3) is 5.91 Å². The Balaban J connectivity index is 1.52. The van der Waals surface area contributed by atoms with Crippen LogP contribution in [-0.2, 0) is 4.79 Å². The van der Waals surface area contributed by atoms with Gasteiger partial charge in [-0.05, 0) is 53.6 Å². The number of hydrogen-bond donors (Lipinski definition) is 1. The van der Waals surface area contributed by atoms with E-state index in [-0.39, 0.29) is 11.8 Å². The van der Waals surface area contributed by atoms with Crippen LogP contribution in [-0.4, -0.2) is 49.5 Å². The lowest BCUT2D eigenvalue weighted by molar-refractivity contribution is -0.119. The third kappa shape index (κ3) is 3.55. The van der Waals surface area contributed by atoms with Crippen molar-refractivity contribution in [1.82, 2.24) is 25.1 Å². The molecule has 1 unspecified atom stereocenters. The summed E-state index contributed by atoms with van der Waals surface area (Å²) >= 11 is 0. The number of carbonyl (C=O) groups is 2. The maximum Gasteiger partial charge on any atom is 0.254 e. The Morgan fingerprint density at radius 3 is 2.70 bits per heavy atom. The quantitative estimate of drug-likeness (QED) is 0.765. The number of carbonyl (C=O) groups excluding carboxylic acids is 2. The Kier molecular flexibility index (Phi) is 4.61. The van der Waals surface area contributed by atoms with Crippen LogP contribution in [0.25, 0.3) is 5.69 Å². The van der Waals surface area contributed by atoms with E-state index in [4.69, 9.17) is 0 Å². The lowest BCUT2D eigenvalue weighted by atomic mass is 10.1. The number of anilines is 1. The van der Waals surface area contributed by atoms with E-state index in [0.29, 0.717) is 24.2 Å². The molecule has 1 fully saturated rings. The van der Waals surface area contributed by atoms with Crippen molar-refractivity contribution in [3.05, 3.63) is 66.5 Å². The van der Waals surface area contributed by atoms with Crippen molar-refractivity contribution >= 4 is 17.5 Å². The van der Waals surface area contributed by atoms with Gasteiger partial charge in [-0.1, -0.05) is 24.3 Å². The number of benzene rings is 2. The van der Waals surface area contributed by atoms with Crippen LogP contribution in [0.15, 0.2) is 60.9 Å². The first-order valence-corrected chi connectivity index (χ1v) is 8.73. The van der Waals surface area contributed by atoms with Crippen molar-refractivity contribution in [1.29, 1.82) is 0 Å². The van der Waals surface area contributed by atoms with E-state index >= 15 is 0 Å². The smallest absolute Gasteiger partial charge is 0.254 e. The maximum absolute atomic E-state index is 13.0. The molecule has 0 spiro atoms. The summed E-state index contributed by atoms with van der Waals surface area (Å²) in [6.45, 7) is 0.556. The molecule has 1 aliphatic rings. The Morgan fingerprint density at radius 1 is 1.07 bits per heavy atom. The highest BCUT2D eigenvalue weighted by Gasteiger charge is 2.34. The minimum atomic E-state index is -0.477. The van der Waals surface area contributed by atoms with Gasteiger partial charge in [-0.25, -0.2) is 4.68 Å². The Labute approximate surface area is 155 Å². The summed E-state index contributed by atoms with van der Waals surface area (Å²) in [4.78, 5) is 27.3. The second kappa shape index (κ2) is 7.36. The number of rotatable bonds is 4. The number of hydrogen-bond acceptors (Lipinski definition) is 5. The third-order valence-electron chi connectivity index (χ3n) is 4.56. The molecule has 2 amide bonds. The first-order chi connectivity index (χ1) is 13.2. The van der Waals surface area contributed by atoms with Crippen molar-refractivity contribution in [3.63, 3.8) is 0 Å². The number of tetrazole rings is 1. The molecule has 4 rings (SSSR count). The zero-order valence-corrected chi connectivity index (χ0v) is 14.5. The van der Waals surface area contributed by atoms with Gasteiger partial charge in [0.2, 0.25) is 5.91 Å². The Morgan fingerprint density at radius 2 is 1.93 bits per heavy atom. The van der Waals surface area contributed by atoms with Gasteiger partial charge in [0.1, 0.15) is 12.4 Å². The molecule has 2 aromatic carbocycles. The van der Waals surface area contributed by atoms with E-state index in [2.05, 4.69) is 20.8 Å². The molecule has 0 bridgehead atoms. The SMILES string of the molecule is O=C(Nc1ccccc1)C1CCCN1C(=O)c1cccc(-n2cnnn2)c1. The minimum absolute atomic E-state index is 0.163. The fourth-order valence-electron chi connectivity index (χ4n) is 3.26. The largest absolute Gasteiger partial charge is 0.327 e. The zero-order valence-electron chi connectivity index (χ0n) is 14.5. The highest BCUT2D eigenvalue weighted by molar-refractivity contribution is 6.01. The topological polar surface area (TPSA) is 93.0 Å². The summed E-state index contributed by atoms with van der Waals surface area (Å²) < 4.78 is 1.49. The van der Waals surface area contributed by atoms with E-state index in [0.717, 1.165) is 12.1 Å². The molecule has 1 aliphatic heterocycles. The summed E-state index contributed by atoms with van der Waals surface area (Å²) in [5.74, 6) is -0.334. The van der Waals surface area contributed by atoms with Gasteiger partial charge in [0.15, 0.2) is 0 Å². The van der Waals surface area contributed by atoms with Crippen LogP contribution in [0.5, 0.6) is 0 Å². The van der Waals surface area contributed by atoms with E-state index in [1.54, 1.807) is 23.1 Å². The first-order valence-electron chi connectivity index (χ1n) is 8.73. The molecule has 0 saturated carbocycles. The Bertz CT molecular complexity index is 942. The third-order valence-corrected chi connectivity index (χ3v) is 4.56.